The van der Waals surface area contributed by atoms with Gasteiger partial charge in [0.2, 0.25) is 10.0 Å². The van der Waals surface area contributed by atoms with Crippen LogP contribution in [0.4, 0.5) is 5.69 Å². The number of hydrogen-bond acceptors (Lipinski definition) is 9. The Hall–Kier alpha value is -2.67. The summed E-state index contributed by atoms with van der Waals surface area (Å²) in [5.41, 5.74) is 2.70. The molecule has 3 heterocycles. The van der Waals surface area contributed by atoms with Gasteiger partial charge in [-0.15, -0.1) is 0 Å². The molecular formula is C40H54ClN3O7S. The summed E-state index contributed by atoms with van der Waals surface area (Å²) in [5.74, 6) is 0.556. The highest BCUT2D eigenvalue weighted by Gasteiger charge is 2.49. The Morgan fingerprint density at radius 3 is 2.71 bits per heavy atom. The fourth-order valence-electron chi connectivity index (χ4n) is 9.19. The number of nitrogens with zero attached hydrogens (tertiary/aromatic N) is 2. The van der Waals surface area contributed by atoms with Gasteiger partial charge in [-0.3, -0.25) is 9.69 Å². The summed E-state index contributed by atoms with van der Waals surface area (Å²) in [6.45, 7) is 8.95. The Bertz CT molecular complexity index is 1730. The molecule has 2 bridgehead atoms. The van der Waals surface area contributed by atoms with Crippen LogP contribution in [0, 0.1) is 11.8 Å². The minimum absolute atomic E-state index is 0.184. The number of morpholine rings is 1. The monoisotopic (exact) mass is 755 g/mol. The van der Waals surface area contributed by atoms with Crippen molar-refractivity contribution in [1.82, 2.24) is 9.62 Å². The first-order chi connectivity index (χ1) is 25.1. The smallest absolute Gasteiger partial charge is 0.264 e. The molecule has 2 aromatic carbocycles. The lowest BCUT2D eigenvalue weighted by molar-refractivity contribution is -0.120. The van der Waals surface area contributed by atoms with Crippen LogP contribution in [-0.2, 0) is 36.1 Å². The lowest BCUT2D eigenvalue weighted by Crippen LogP contribution is -2.55. The summed E-state index contributed by atoms with van der Waals surface area (Å²) in [6, 6.07) is 11.6. The van der Waals surface area contributed by atoms with Crippen molar-refractivity contribution >= 4 is 33.2 Å². The summed E-state index contributed by atoms with van der Waals surface area (Å²) in [6.07, 6.45) is 10.5. The first-order valence-electron chi connectivity index (χ1n) is 19.1. The third-order valence-corrected chi connectivity index (χ3v) is 14.5. The second kappa shape index (κ2) is 16.0. The van der Waals surface area contributed by atoms with E-state index in [1.165, 1.54) is 11.1 Å². The van der Waals surface area contributed by atoms with Gasteiger partial charge in [0, 0.05) is 55.8 Å². The Kier molecular flexibility index (Phi) is 11.6. The number of amides is 1. The number of hydrogen-bond donors (Lipinski definition) is 1. The van der Waals surface area contributed by atoms with E-state index in [0.29, 0.717) is 56.9 Å². The van der Waals surface area contributed by atoms with Crippen LogP contribution in [0.15, 0.2) is 48.6 Å². The summed E-state index contributed by atoms with van der Waals surface area (Å²) in [7, 11) is -2.15. The quantitative estimate of drug-likeness (QED) is 0.279. The number of rotatable bonds is 7. The summed E-state index contributed by atoms with van der Waals surface area (Å²) in [4.78, 5) is 18.4. The number of allylic oxidation sites excluding steroid dienone is 1. The molecule has 2 aliphatic carbocycles. The van der Waals surface area contributed by atoms with Crippen LogP contribution in [0.2, 0.25) is 5.02 Å². The highest BCUT2D eigenvalue weighted by molar-refractivity contribution is 7.90. The van der Waals surface area contributed by atoms with E-state index >= 15 is 0 Å². The number of anilines is 1. The Morgan fingerprint density at radius 2 is 1.94 bits per heavy atom. The van der Waals surface area contributed by atoms with Gasteiger partial charge in [0.15, 0.2) is 0 Å². The van der Waals surface area contributed by atoms with Crippen LogP contribution in [0.3, 0.4) is 0 Å². The van der Waals surface area contributed by atoms with E-state index in [1.807, 2.05) is 25.1 Å². The average Bonchev–Trinajstić information content (AvgIpc) is 3.28. The molecule has 2 fully saturated rings. The van der Waals surface area contributed by atoms with E-state index in [4.69, 9.17) is 30.5 Å². The SMILES string of the molecule is CC[C@@H]1CC/C=C/[C@@](COCCN2CCOCC2)(OC)[C@@H]2CC[C@H]2CN2C[C@@]3(CCCc4cc(Cl)ccc43)COc3ccc(cc32)C(=O)NS1(=O)=O. The van der Waals surface area contributed by atoms with Crippen LogP contribution in [0.1, 0.15) is 73.4 Å². The number of ether oxygens (including phenoxy) is 4. The van der Waals surface area contributed by atoms with Gasteiger partial charge in [-0.25, -0.2) is 13.1 Å². The van der Waals surface area contributed by atoms with Crippen molar-refractivity contribution in [2.45, 2.75) is 74.6 Å². The Labute approximate surface area is 314 Å². The molecule has 10 nitrogen and oxygen atoms in total. The molecule has 3 aliphatic heterocycles. The van der Waals surface area contributed by atoms with Gasteiger partial charge in [-0.2, -0.15) is 0 Å². The van der Waals surface area contributed by atoms with E-state index in [2.05, 4.69) is 38.8 Å². The van der Waals surface area contributed by atoms with Gasteiger partial charge in [0.1, 0.15) is 11.4 Å². The number of carbonyl (C=O) groups is 1. The fraction of sp³-hybridized carbons (Fsp3) is 0.625. The summed E-state index contributed by atoms with van der Waals surface area (Å²) in [5, 5.41) is 0.0237. The number of nitrogens with one attached hydrogen (secondary N) is 1. The second-order valence-corrected chi connectivity index (χ2v) is 17.8. The molecule has 7 rings (SSSR count). The largest absolute Gasteiger partial charge is 0.490 e. The van der Waals surface area contributed by atoms with Gasteiger partial charge >= 0.3 is 0 Å². The van der Waals surface area contributed by atoms with E-state index in [9.17, 15) is 13.2 Å². The minimum atomic E-state index is -3.93. The van der Waals surface area contributed by atoms with E-state index in [0.717, 1.165) is 82.2 Å². The van der Waals surface area contributed by atoms with Gasteiger partial charge < -0.3 is 23.8 Å². The molecule has 1 spiro atoms. The van der Waals surface area contributed by atoms with E-state index < -0.39 is 26.8 Å². The third-order valence-electron chi connectivity index (χ3n) is 12.3. The topological polar surface area (TPSA) is 107 Å². The van der Waals surface area contributed by atoms with Crippen molar-refractivity contribution in [1.29, 1.82) is 0 Å². The maximum absolute atomic E-state index is 13.6. The molecule has 0 aromatic heterocycles. The van der Waals surface area contributed by atoms with Crippen molar-refractivity contribution in [2.24, 2.45) is 11.8 Å². The first kappa shape index (κ1) is 37.6. The molecule has 1 saturated heterocycles. The predicted molar refractivity (Wildman–Crippen MR) is 203 cm³/mol. The molecule has 1 N–H and O–H groups in total. The molecule has 2 aromatic rings. The zero-order valence-electron chi connectivity index (χ0n) is 30.6. The summed E-state index contributed by atoms with van der Waals surface area (Å²) >= 11 is 6.48. The molecule has 5 aliphatic rings. The highest BCUT2D eigenvalue weighted by atomic mass is 35.5. The zero-order chi connectivity index (χ0) is 36.3. The van der Waals surface area contributed by atoms with Crippen molar-refractivity contribution in [3.05, 3.63) is 70.3 Å². The molecule has 0 radical (unpaired) electrons. The molecule has 5 atom stereocenters. The van der Waals surface area contributed by atoms with Crippen LogP contribution in [0.5, 0.6) is 5.75 Å². The minimum Gasteiger partial charge on any atom is -0.490 e. The maximum Gasteiger partial charge on any atom is 0.264 e. The number of fused-ring (bicyclic) bond motifs is 4. The molecule has 1 amide bonds. The molecule has 12 heteroatoms. The fourth-order valence-corrected chi connectivity index (χ4v) is 10.8. The average molecular weight is 756 g/mol. The van der Waals surface area contributed by atoms with Gasteiger partial charge in [0.05, 0.1) is 44.0 Å². The van der Waals surface area contributed by atoms with E-state index in [1.54, 1.807) is 13.2 Å². The standard InChI is InChI=1S/C40H54ClN3O7S/c1-3-33-8-4-5-16-40(48-2,28-50-22-19-43-17-20-49-21-18-43)35-12-9-31(35)25-44-26-39(15-6-7-29-23-32(41)11-13-34(29)39)27-51-37-14-10-30(24-36(37)44)38(45)42-52(33,46)47/h5,10-11,13-14,16,23-24,31,33,35H,3-4,6-9,12,15,17-22,25-28H2,1-2H3,(H,42,45)/b16-5+/t31-,33+,35+,39-,40-/m0/s1. The highest BCUT2D eigenvalue weighted by Crippen LogP contribution is 2.49. The number of carbonyl (C=O) groups excluding carboxylic acids is 1. The lowest BCUT2D eigenvalue weighted by atomic mass is 9.64. The number of benzene rings is 2. The normalized spacial score (nSPS) is 31.3. The number of aryl methyl sites for hydroxylation is 1. The second-order valence-electron chi connectivity index (χ2n) is 15.4. The van der Waals surface area contributed by atoms with Gasteiger partial charge in [-0.05, 0) is 105 Å². The van der Waals surface area contributed by atoms with Crippen molar-refractivity contribution in [3.63, 3.8) is 0 Å². The van der Waals surface area contributed by atoms with Gasteiger partial charge in [0.25, 0.3) is 5.91 Å². The Balaban J connectivity index is 1.24. The van der Waals surface area contributed by atoms with Crippen LogP contribution in [-0.4, -0.2) is 103 Å². The zero-order valence-corrected chi connectivity index (χ0v) is 32.2. The number of halogens is 1. The van der Waals surface area contributed by atoms with Crippen LogP contribution < -0.4 is 14.4 Å². The van der Waals surface area contributed by atoms with Crippen LogP contribution in [0.25, 0.3) is 0 Å². The number of sulfonamides is 1. The Morgan fingerprint density at radius 1 is 1.10 bits per heavy atom. The predicted octanol–water partition coefficient (Wildman–Crippen LogP) is 5.76. The lowest BCUT2D eigenvalue weighted by Gasteiger charge is -2.50. The number of methoxy groups -OCH3 is 1. The van der Waals surface area contributed by atoms with Crippen molar-refractivity contribution in [3.8, 4) is 5.75 Å². The third kappa shape index (κ3) is 7.77. The van der Waals surface area contributed by atoms with E-state index in [-0.39, 0.29) is 17.3 Å². The first-order valence-corrected chi connectivity index (χ1v) is 21.0. The summed E-state index contributed by atoms with van der Waals surface area (Å²) < 4.78 is 54.7. The van der Waals surface area contributed by atoms with Gasteiger partial charge in [-0.1, -0.05) is 36.7 Å². The van der Waals surface area contributed by atoms with Crippen molar-refractivity contribution in [2.75, 3.05) is 77.8 Å². The molecule has 284 valence electrons. The molecule has 1 saturated carbocycles. The molecular weight excluding hydrogens is 702 g/mol. The van der Waals surface area contributed by atoms with Crippen molar-refractivity contribution < 1.29 is 32.2 Å². The molecule has 0 unspecified atom stereocenters. The maximum atomic E-state index is 13.6. The van der Waals surface area contributed by atoms with Crippen LogP contribution >= 0.6 is 11.6 Å². The molecule has 52 heavy (non-hydrogen) atoms.